The normalized spacial score (nSPS) is 12.9. The SMILES string of the molecule is CCCN(CC(=O)O)C(C)C(=O)Nc1ccccc1S(C)(=O)=O. The molecule has 23 heavy (non-hydrogen) atoms. The number of carbonyl (C=O) groups is 2. The van der Waals surface area contributed by atoms with Gasteiger partial charge in [0.1, 0.15) is 0 Å². The van der Waals surface area contributed by atoms with Crippen LogP contribution in [0.5, 0.6) is 0 Å². The Kier molecular flexibility index (Phi) is 6.71. The highest BCUT2D eigenvalue weighted by Gasteiger charge is 2.24. The Morgan fingerprint density at radius 3 is 2.43 bits per heavy atom. The van der Waals surface area contributed by atoms with Gasteiger partial charge in [0.2, 0.25) is 5.91 Å². The van der Waals surface area contributed by atoms with E-state index in [2.05, 4.69) is 5.32 Å². The molecule has 0 aliphatic heterocycles. The number of aliphatic carboxylic acids is 1. The van der Waals surface area contributed by atoms with E-state index in [1.54, 1.807) is 19.1 Å². The molecular formula is C15H22N2O5S. The number of para-hydroxylation sites is 1. The zero-order valence-electron chi connectivity index (χ0n) is 13.4. The van der Waals surface area contributed by atoms with Crippen LogP contribution in [0, 0.1) is 0 Å². The maximum Gasteiger partial charge on any atom is 0.317 e. The Morgan fingerprint density at radius 2 is 1.91 bits per heavy atom. The van der Waals surface area contributed by atoms with E-state index in [4.69, 9.17) is 5.11 Å². The van der Waals surface area contributed by atoms with Crippen LogP contribution in [-0.4, -0.2) is 55.7 Å². The first-order chi connectivity index (χ1) is 10.7. The predicted octanol–water partition coefficient (Wildman–Crippen LogP) is 1.21. The smallest absolute Gasteiger partial charge is 0.317 e. The van der Waals surface area contributed by atoms with Gasteiger partial charge in [-0.1, -0.05) is 19.1 Å². The quantitative estimate of drug-likeness (QED) is 0.736. The van der Waals surface area contributed by atoms with Gasteiger partial charge in [0.15, 0.2) is 9.84 Å². The lowest BCUT2D eigenvalue weighted by Crippen LogP contribution is -2.45. The topological polar surface area (TPSA) is 104 Å². The molecule has 2 N–H and O–H groups in total. The number of anilines is 1. The zero-order chi connectivity index (χ0) is 17.6. The fourth-order valence-electron chi connectivity index (χ4n) is 2.17. The third kappa shape index (κ3) is 5.65. The molecule has 1 aromatic carbocycles. The van der Waals surface area contributed by atoms with E-state index in [0.29, 0.717) is 13.0 Å². The standard InChI is InChI=1S/C15H22N2O5S/c1-4-9-17(10-14(18)19)11(2)15(20)16-12-7-5-6-8-13(12)23(3,21)22/h5-8,11H,4,9-10H2,1-3H3,(H,16,20)(H,18,19). The van der Waals surface area contributed by atoms with Gasteiger partial charge in [-0.3, -0.25) is 14.5 Å². The van der Waals surface area contributed by atoms with Crippen molar-refractivity contribution >= 4 is 27.4 Å². The van der Waals surface area contributed by atoms with Crippen molar-refractivity contribution in [1.29, 1.82) is 0 Å². The summed E-state index contributed by atoms with van der Waals surface area (Å²) in [7, 11) is -3.48. The number of rotatable bonds is 8. The molecule has 0 aromatic heterocycles. The molecule has 1 unspecified atom stereocenters. The number of carboxylic acids is 1. The maximum absolute atomic E-state index is 12.3. The maximum atomic E-state index is 12.3. The molecule has 0 bridgehead atoms. The van der Waals surface area contributed by atoms with Crippen molar-refractivity contribution < 1.29 is 23.1 Å². The Bertz CT molecular complexity index is 672. The average Bonchev–Trinajstić information content (AvgIpc) is 2.45. The summed E-state index contributed by atoms with van der Waals surface area (Å²) < 4.78 is 23.5. The summed E-state index contributed by atoms with van der Waals surface area (Å²) >= 11 is 0. The minimum Gasteiger partial charge on any atom is -0.480 e. The van der Waals surface area contributed by atoms with Gasteiger partial charge in [0, 0.05) is 6.26 Å². The van der Waals surface area contributed by atoms with Gasteiger partial charge in [-0.25, -0.2) is 8.42 Å². The molecule has 0 spiro atoms. The van der Waals surface area contributed by atoms with Gasteiger partial charge in [-0.15, -0.1) is 0 Å². The van der Waals surface area contributed by atoms with Crippen molar-refractivity contribution in [2.75, 3.05) is 24.7 Å². The number of hydrogen-bond acceptors (Lipinski definition) is 5. The lowest BCUT2D eigenvalue weighted by molar-refractivity contribution is -0.139. The van der Waals surface area contributed by atoms with Crippen LogP contribution in [0.4, 0.5) is 5.69 Å². The number of sulfone groups is 1. The molecule has 1 atom stereocenters. The van der Waals surface area contributed by atoms with E-state index in [9.17, 15) is 18.0 Å². The van der Waals surface area contributed by atoms with Crippen LogP contribution >= 0.6 is 0 Å². The Hall–Kier alpha value is -1.93. The first kappa shape index (κ1) is 19.1. The van der Waals surface area contributed by atoms with Gasteiger partial charge >= 0.3 is 5.97 Å². The van der Waals surface area contributed by atoms with Crippen molar-refractivity contribution in [3.8, 4) is 0 Å². The molecule has 1 rings (SSSR count). The molecule has 0 saturated heterocycles. The van der Waals surface area contributed by atoms with Gasteiger partial charge in [0.25, 0.3) is 0 Å². The number of nitrogens with zero attached hydrogens (tertiary/aromatic N) is 1. The minimum absolute atomic E-state index is 0.0285. The number of benzene rings is 1. The molecule has 1 aromatic rings. The Labute approximate surface area is 136 Å². The molecule has 0 fully saturated rings. The number of nitrogens with one attached hydrogen (secondary N) is 1. The highest BCUT2D eigenvalue weighted by Crippen LogP contribution is 2.21. The highest BCUT2D eigenvalue weighted by atomic mass is 32.2. The second-order valence-corrected chi connectivity index (χ2v) is 7.28. The zero-order valence-corrected chi connectivity index (χ0v) is 14.3. The van der Waals surface area contributed by atoms with Crippen molar-refractivity contribution in [1.82, 2.24) is 4.90 Å². The first-order valence-electron chi connectivity index (χ1n) is 7.22. The van der Waals surface area contributed by atoms with Crippen LogP contribution in [0.15, 0.2) is 29.2 Å². The molecule has 8 heteroatoms. The van der Waals surface area contributed by atoms with E-state index in [1.807, 2.05) is 6.92 Å². The van der Waals surface area contributed by atoms with Crippen molar-refractivity contribution in [3.63, 3.8) is 0 Å². The van der Waals surface area contributed by atoms with E-state index < -0.39 is 27.8 Å². The summed E-state index contributed by atoms with van der Waals surface area (Å²) in [5, 5.41) is 11.5. The van der Waals surface area contributed by atoms with Crippen LogP contribution in [0.25, 0.3) is 0 Å². The molecule has 0 aliphatic rings. The van der Waals surface area contributed by atoms with Crippen LogP contribution in [-0.2, 0) is 19.4 Å². The summed E-state index contributed by atoms with van der Waals surface area (Å²) in [5.41, 5.74) is 0.193. The fraction of sp³-hybridized carbons (Fsp3) is 0.467. The lowest BCUT2D eigenvalue weighted by atomic mass is 10.2. The van der Waals surface area contributed by atoms with E-state index in [-0.39, 0.29) is 17.1 Å². The first-order valence-corrected chi connectivity index (χ1v) is 9.11. The minimum atomic E-state index is -3.48. The van der Waals surface area contributed by atoms with Crippen molar-refractivity contribution in [2.24, 2.45) is 0 Å². The molecule has 0 heterocycles. The number of amides is 1. The van der Waals surface area contributed by atoms with Crippen LogP contribution in [0.3, 0.4) is 0 Å². The van der Waals surface area contributed by atoms with Gasteiger partial charge in [-0.2, -0.15) is 0 Å². The van der Waals surface area contributed by atoms with Gasteiger partial charge in [-0.05, 0) is 32.0 Å². The fourth-order valence-corrected chi connectivity index (χ4v) is 3.01. The largest absolute Gasteiger partial charge is 0.480 e. The van der Waals surface area contributed by atoms with Crippen LogP contribution in [0.1, 0.15) is 20.3 Å². The molecule has 0 aliphatic carbocycles. The number of carboxylic acid groups (broad SMARTS) is 1. The Balaban J connectivity index is 2.96. The molecule has 7 nitrogen and oxygen atoms in total. The van der Waals surface area contributed by atoms with E-state index in [1.165, 1.54) is 17.0 Å². The summed E-state index contributed by atoms with van der Waals surface area (Å²) in [5.74, 6) is -1.47. The van der Waals surface area contributed by atoms with Gasteiger partial charge in [0.05, 0.1) is 23.2 Å². The second kappa shape index (κ2) is 8.07. The van der Waals surface area contributed by atoms with Gasteiger partial charge < -0.3 is 10.4 Å². The lowest BCUT2D eigenvalue weighted by Gasteiger charge is -2.26. The predicted molar refractivity (Wildman–Crippen MR) is 87.1 cm³/mol. The number of hydrogen-bond donors (Lipinski definition) is 2. The third-order valence-electron chi connectivity index (χ3n) is 3.32. The second-order valence-electron chi connectivity index (χ2n) is 5.30. The Morgan fingerprint density at radius 1 is 1.30 bits per heavy atom. The molecule has 0 radical (unpaired) electrons. The summed E-state index contributed by atoms with van der Waals surface area (Å²) in [6, 6.07) is 5.41. The van der Waals surface area contributed by atoms with Crippen molar-refractivity contribution in [2.45, 2.75) is 31.2 Å². The molecule has 128 valence electrons. The molecule has 1 amide bonds. The number of carbonyl (C=O) groups excluding carboxylic acids is 1. The van der Waals surface area contributed by atoms with Crippen LogP contribution < -0.4 is 5.32 Å². The average molecular weight is 342 g/mol. The summed E-state index contributed by atoms with van der Waals surface area (Å²) in [4.78, 5) is 24.8. The summed E-state index contributed by atoms with van der Waals surface area (Å²) in [6.45, 7) is 3.68. The van der Waals surface area contributed by atoms with Crippen molar-refractivity contribution in [3.05, 3.63) is 24.3 Å². The molecular weight excluding hydrogens is 320 g/mol. The van der Waals surface area contributed by atoms with E-state index >= 15 is 0 Å². The highest BCUT2D eigenvalue weighted by molar-refractivity contribution is 7.90. The monoisotopic (exact) mass is 342 g/mol. The van der Waals surface area contributed by atoms with E-state index in [0.717, 1.165) is 6.26 Å². The third-order valence-corrected chi connectivity index (χ3v) is 4.48. The van der Waals surface area contributed by atoms with Crippen LogP contribution in [0.2, 0.25) is 0 Å². The molecule has 0 saturated carbocycles. The summed E-state index contributed by atoms with van der Waals surface area (Å²) in [6.07, 6.45) is 1.76.